The third-order valence-corrected chi connectivity index (χ3v) is 5.27. The monoisotopic (exact) mass is 382 g/mol. The highest BCUT2D eigenvalue weighted by atomic mass is 35.5. The Hall–Kier alpha value is -2.29. The molecule has 0 amide bonds. The minimum Gasteiger partial charge on any atom is -0.270 e. The van der Waals surface area contributed by atoms with Gasteiger partial charge in [0.15, 0.2) is 11.0 Å². The van der Waals surface area contributed by atoms with Gasteiger partial charge in [-0.3, -0.25) is 4.57 Å². The maximum absolute atomic E-state index is 8.66. The summed E-state index contributed by atoms with van der Waals surface area (Å²) in [6.45, 7) is 2.09. The van der Waals surface area contributed by atoms with Crippen LogP contribution in [0.4, 0.5) is 0 Å². The Labute approximate surface area is 162 Å². The topological polar surface area (TPSA) is 54.5 Å². The van der Waals surface area contributed by atoms with Gasteiger partial charge < -0.3 is 0 Å². The molecule has 6 heteroatoms. The lowest BCUT2D eigenvalue weighted by molar-refractivity contribution is 0.822. The number of nitrogens with zero attached hydrogens (tertiary/aromatic N) is 4. The minimum atomic E-state index is 0.598. The van der Waals surface area contributed by atoms with E-state index in [4.69, 9.17) is 16.9 Å². The van der Waals surface area contributed by atoms with Gasteiger partial charge in [-0.1, -0.05) is 41.6 Å². The van der Waals surface area contributed by atoms with Crippen LogP contribution in [0.1, 0.15) is 24.8 Å². The van der Waals surface area contributed by atoms with Gasteiger partial charge in [0.1, 0.15) is 0 Å². The first kappa shape index (κ1) is 18.5. The van der Waals surface area contributed by atoms with Crippen molar-refractivity contribution < 1.29 is 0 Å². The molecular formula is C20H19ClN4S. The molecule has 0 fully saturated rings. The van der Waals surface area contributed by atoms with Crippen molar-refractivity contribution in [1.82, 2.24) is 14.8 Å². The Bertz CT molecular complexity index is 912. The van der Waals surface area contributed by atoms with Gasteiger partial charge in [0.05, 0.1) is 11.8 Å². The molecule has 0 aliphatic carbocycles. The molecule has 0 atom stereocenters. The van der Waals surface area contributed by atoms with Crippen LogP contribution >= 0.6 is 23.4 Å². The van der Waals surface area contributed by atoms with Gasteiger partial charge in [-0.15, -0.1) is 10.2 Å². The second-order valence-electron chi connectivity index (χ2n) is 5.90. The number of aromatic nitrogens is 3. The second-order valence-corrected chi connectivity index (χ2v) is 7.40. The van der Waals surface area contributed by atoms with E-state index < -0.39 is 0 Å². The summed E-state index contributed by atoms with van der Waals surface area (Å²) in [6, 6.07) is 18.1. The van der Waals surface area contributed by atoms with E-state index in [2.05, 4.69) is 39.9 Å². The van der Waals surface area contributed by atoms with E-state index in [1.165, 1.54) is 0 Å². The number of para-hydroxylation sites is 1. The molecule has 0 saturated carbocycles. The van der Waals surface area contributed by atoms with Gasteiger partial charge in [-0.05, 0) is 55.7 Å². The quantitative estimate of drug-likeness (QED) is 0.389. The summed E-state index contributed by atoms with van der Waals surface area (Å²) in [6.07, 6.45) is 2.49. The number of aryl methyl sites for hydroxylation is 1. The fourth-order valence-electron chi connectivity index (χ4n) is 2.65. The molecule has 0 bridgehead atoms. The Balaban J connectivity index is 1.96. The zero-order valence-electron chi connectivity index (χ0n) is 14.5. The number of hydrogen-bond donors (Lipinski definition) is 0. The Kier molecular flexibility index (Phi) is 6.32. The number of halogens is 1. The van der Waals surface area contributed by atoms with E-state index in [1.807, 2.05) is 36.4 Å². The van der Waals surface area contributed by atoms with Crippen molar-refractivity contribution in [2.24, 2.45) is 0 Å². The van der Waals surface area contributed by atoms with Crippen LogP contribution in [0.3, 0.4) is 0 Å². The number of benzene rings is 2. The van der Waals surface area contributed by atoms with Gasteiger partial charge >= 0.3 is 0 Å². The van der Waals surface area contributed by atoms with E-state index in [9.17, 15) is 0 Å². The molecule has 26 heavy (non-hydrogen) atoms. The molecule has 132 valence electrons. The summed E-state index contributed by atoms with van der Waals surface area (Å²) in [7, 11) is 0. The van der Waals surface area contributed by atoms with Gasteiger partial charge in [0, 0.05) is 22.8 Å². The number of rotatable bonds is 7. The van der Waals surface area contributed by atoms with Crippen molar-refractivity contribution in [2.45, 2.75) is 31.3 Å². The van der Waals surface area contributed by atoms with Crippen molar-refractivity contribution in [3.05, 3.63) is 59.1 Å². The van der Waals surface area contributed by atoms with Crippen molar-refractivity contribution in [2.75, 3.05) is 5.75 Å². The van der Waals surface area contributed by atoms with Crippen LogP contribution in [0.2, 0.25) is 5.02 Å². The molecule has 0 spiro atoms. The van der Waals surface area contributed by atoms with E-state index in [0.29, 0.717) is 11.4 Å². The van der Waals surface area contributed by atoms with Crippen LogP contribution in [0, 0.1) is 18.3 Å². The minimum absolute atomic E-state index is 0.598. The molecule has 1 aromatic heterocycles. The molecule has 0 aliphatic rings. The van der Waals surface area contributed by atoms with Gasteiger partial charge in [-0.2, -0.15) is 5.26 Å². The molecule has 1 heterocycles. The molecule has 3 aromatic rings. The summed E-state index contributed by atoms with van der Waals surface area (Å²) in [4.78, 5) is 0. The Morgan fingerprint density at radius 2 is 1.85 bits per heavy atom. The van der Waals surface area contributed by atoms with Crippen LogP contribution in [0.25, 0.3) is 17.1 Å². The third kappa shape index (κ3) is 4.27. The van der Waals surface area contributed by atoms with E-state index in [-0.39, 0.29) is 0 Å². The van der Waals surface area contributed by atoms with E-state index in [1.54, 1.807) is 11.8 Å². The van der Waals surface area contributed by atoms with Crippen molar-refractivity contribution in [1.29, 1.82) is 5.26 Å². The highest BCUT2D eigenvalue weighted by Gasteiger charge is 2.17. The SMILES string of the molecule is Cc1ccccc1-n1c(SCCCCC#N)nnc1-c1ccc(Cl)cc1. The lowest BCUT2D eigenvalue weighted by Gasteiger charge is -2.13. The molecule has 0 N–H and O–H groups in total. The van der Waals surface area contributed by atoms with Crippen LogP contribution < -0.4 is 0 Å². The van der Waals surface area contributed by atoms with E-state index >= 15 is 0 Å². The lowest BCUT2D eigenvalue weighted by atomic mass is 10.1. The lowest BCUT2D eigenvalue weighted by Crippen LogP contribution is -2.02. The van der Waals surface area contributed by atoms with Gasteiger partial charge in [0.2, 0.25) is 0 Å². The van der Waals surface area contributed by atoms with E-state index in [0.717, 1.165) is 46.4 Å². The third-order valence-electron chi connectivity index (χ3n) is 4.01. The number of hydrogen-bond acceptors (Lipinski definition) is 4. The highest BCUT2D eigenvalue weighted by molar-refractivity contribution is 7.99. The first-order chi connectivity index (χ1) is 12.7. The molecule has 0 aliphatic heterocycles. The summed E-state index contributed by atoms with van der Waals surface area (Å²) in [5.41, 5.74) is 3.21. The molecule has 3 rings (SSSR count). The summed E-state index contributed by atoms with van der Waals surface area (Å²) in [5.74, 6) is 1.71. The number of thioether (sulfide) groups is 1. The van der Waals surface area contributed by atoms with Crippen LogP contribution in [-0.2, 0) is 0 Å². The zero-order chi connectivity index (χ0) is 18.4. The average molecular weight is 383 g/mol. The molecule has 0 saturated heterocycles. The first-order valence-corrected chi connectivity index (χ1v) is 9.84. The molecular weight excluding hydrogens is 364 g/mol. The average Bonchev–Trinajstić information content (AvgIpc) is 3.06. The van der Waals surface area contributed by atoms with Gasteiger partial charge in [-0.25, -0.2) is 0 Å². The number of unbranched alkanes of at least 4 members (excludes halogenated alkanes) is 2. The summed E-state index contributed by atoms with van der Waals surface area (Å²) in [5, 5.41) is 19.1. The smallest absolute Gasteiger partial charge is 0.196 e. The normalized spacial score (nSPS) is 10.7. The van der Waals surface area contributed by atoms with Crippen LogP contribution in [-0.4, -0.2) is 20.5 Å². The zero-order valence-corrected chi connectivity index (χ0v) is 16.1. The standard InChI is InChI=1S/C20H19ClN4S/c1-15-7-3-4-8-18(15)25-19(16-9-11-17(21)12-10-16)23-24-20(25)26-14-6-2-5-13-22/h3-4,7-12H,2,5-6,14H2,1H3. The van der Waals surface area contributed by atoms with Crippen molar-refractivity contribution in [3.8, 4) is 23.1 Å². The predicted octanol–water partition coefficient (Wildman–Crippen LogP) is 5.68. The summed E-state index contributed by atoms with van der Waals surface area (Å²) >= 11 is 7.70. The van der Waals surface area contributed by atoms with Crippen LogP contribution in [0.15, 0.2) is 53.7 Å². The van der Waals surface area contributed by atoms with Crippen molar-refractivity contribution >= 4 is 23.4 Å². The second kappa shape index (κ2) is 8.88. The summed E-state index contributed by atoms with van der Waals surface area (Å²) < 4.78 is 2.10. The predicted molar refractivity (Wildman–Crippen MR) is 107 cm³/mol. The molecule has 0 unspecified atom stereocenters. The number of nitriles is 1. The van der Waals surface area contributed by atoms with Crippen LogP contribution in [0.5, 0.6) is 0 Å². The Morgan fingerprint density at radius 1 is 1.08 bits per heavy atom. The maximum Gasteiger partial charge on any atom is 0.196 e. The van der Waals surface area contributed by atoms with Gasteiger partial charge in [0.25, 0.3) is 0 Å². The largest absolute Gasteiger partial charge is 0.270 e. The molecule has 4 nitrogen and oxygen atoms in total. The maximum atomic E-state index is 8.66. The molecule has 2 aromatic carbocycles. The fraction of sp³-hybridized carbons (Fsp3) is 0.250. The fourth-order valence-corrected chi connectivity index (χ4v) is 3.72. The molecule has 0 radical (unpaired) electrons. The Morgan fingerprint density at radius 3 is 2.58 bits per heavy atom. The van der Waals surface area contributed by atoms with Crippen molar-refractivity contribution in [3.63, 3.8) is 0 Å². The first-order valence-electron chi connectivity index (χ1n) is 8.48. The highest BCUT2D eigenvalue weighted by Crippen LogP contribution is 2.30.